The minimum Gasteiger partial charge on any atom is -0.350 e. The van der Waals surface area contributed by atoms with E-state index < -0.39 is 0 Å². The van der Waals surface area contributed by atoms with Crippen molar-refractivity contribution < 1.29 is 4.79 Å². The Hall–Kier alpha value is -0.870. The second kappa shape index (κ2) is 7.79. The summed E-state index contributed by atoms with van der Waals surface area (Å²) < 4.78 is 1.05. The summed E-state index contributed by atoms with van der Waals surface area (Å²) in [5, 5.41) is 6.48. The number of piperidine rings is 1. The SMILES string of the molecule is C[C@@H](NC(=O)CCC1CCCNC1)c1cccc(Br)c1. The van der Waals surface area contributed by atoms with Gasteiger partial charge in [-0.1, -0.05) is 28.1 Å². The van der Waals surface area contributed by atoms with Gasteiger partial charge in [-0.25, -0.2) is 0 Å². The lowest BCUT2D eigenvalue weighted by Gasteiger charge is -2.22. The van der Waals surface area contributed by atoms with Gasteiger partial charge in [-0.15, -0.1) is 0 Å². The van der Waals surface area contributed by atoms with Crippen LogP contribution in [0, 0.1) is 5.92 Å². The predicted molar refractivity (Wildman–Crippen MR) is 85.5 cm³/mol. The van der Waals surface area contributed by atoms with E-state index >= 15 is 0 Å². The van der Waals surface area contributed by atoms with Gasteiger partial charge in [0.15, 0.2) is 0 Å². The first-order valence-corrected chi connectivity index (χ1v) is 8.20. The third kappa shape index (κ3) is 4.91. The zero-order valence-corrected chi connectivity index (χ0v) is 13.6. The monoisotopic (exact) mass is 338 g/mol. The zero-order chi connectivity index (χ0) is 14.4. The summed E-state index contributed by atoms with van der Waals surface area (Å²) in [6, 6.07) is 8.14. The van der Waals surface area contributed by atoms with E-state index in [4.69, 9.17) is 0 Å². The fraction of sp³-hybridized carbons (Fsp3) is 0.562. The highest BCUT2D eigenvalue weighted by Gasteiger charge is 2.15. The van der Waals surface area contributed by atoms with Crippen LogP contribution in [0.15, 0.2) is 28.7 Å². The lowest BCUT2D eigenvalue weighted by atomic mass is 9.94. The zero-order valence-electron chi connectivity index (χ0n) is 12.0. The molecule has 0 spiro atoms. The highest BCUT2D eigenvalue weighted by atomic mass is 79.9. The molecule has 1 aromatic rings. The number of carbonyl (C=O) groups excluding carboxylic acids is 1. The molecule has 1 heterocycles. The highest BCUT2D eigenvalue weighted by molar-refractivity contribution is 9.10. The average molecular weight is 339 g/mol. The van der Waals surface area contributed by atoms with Gasteiger partial charge in [0.2, 0.25) is 5.91 Å². The van der Waals surface area contributed by atoms with Crippen LogP contribution in [0.25, 0.3) is 0 Å². The maximum absolute atomic E-state index is 12.0. The summed E-state index contributed by atoms with van der Waals surface area (Å²) >= 11 is 3.46. The number of hydrogen-bond acceptors (Lipinski definition) is 2. The third-order valence-electron chi connectivity index (χ3n) is 3.90. The maximum atomic E-state index is 12.0. The molecule has 3 nitrogen and oxygen atoms in total. The Balaban J connectivity index is 1.76. The standard InChI is InChI=1S/C16H23BrN2O/c1-12(14-5-2-6-15(17)10-14)19-16(20)8-7-13-4-3-9-18-11-13/h2,5-6,10,12-13,18H,3-4,7-9,11H2,1H3,(H,19,20)/t12-,13?/m1/s1. The molecule has 1 aliphatic rings. The third-order valence-corrected chi connectivity index (χ3v) is 4.40. The molecule has 1 aromatic carbocycles. The van der Waals surface area contributed by atoms with E-state index in [9.17, 15) is 4.79 Å². The van der Waals surface area contributed by atoms with Crippen molar-refractivity contribution in [2.75, 3.05) is 13.1 Å². The smallest absolute Gasteiger partial charge is 0.220 e. The first kappa shape index (κ1) is 15.5. The summed E-state index contributed by atoms with van der Waals surface area (Å²) in [6.45, 7) is 4.22. The van der Waals surface area contributed by atoms with Crippen LogP contribution in [0.2, 0.25) is 0 Å². The number of rotatable bonds is 5. The van der Waals surface area contributed by atoms with Gasteiger partial charge in [0.25, 0.3) is 0 Å². The molecule has 0 radical (unpaired) electrons. The molecule has 0 aromatic heterocycles. The molecular weight excluding hydrogens is 316 g/mol. The van der Waals surface area contributed by atoms with Crippen molar-refractivity contribution in [3.63, 3.8) is 0 Å². The van der Waals surface area contributed by atoms with E-state index in [1.54, 1.807) is 0 Å². The van der Waals surface area contributed by atoms with Crippen LogP contribution in [0.5, 0.6) is 0 Å². The Morgan fingerprint density at radius 3 is 3.10 bits per heavy atom. The molecule has 20 heavy (non-hydrogen) atoms. The summed E-state index contributed by atoms with van der Waals surface area (Å²) in [5.74, 6) is 0.818. The molecule has 1 unspecified atom stereocenters. The topological polar surface area (TPSA) is 41.1 Å². The van der Waals surface area contributed by atoms with Crippen LogP contribution < -0.4 is 10.6 Å². The van der Waals surface area contributed by atoms with Crippen molar-refractivity contribution in [3.05, 3.63) is 34.3 Å². The molecule has 0 aliphatic carbocycles. The fourth-order valence-electron chi connectivity index (χ4n) is 2.68. The lowest BCUT2D eigenvalue weighted by Crippen LogP contribution is -2.31. The van der Waals surface area contributed by atoms with Crippen molar-refractivity contribution in [2.45, 2.75) is 38.6 Å². The van der Waals surface area contributed by atoms with Crippen molar-refractivity contribution in [2.24, 2.45) is 5.92 Å². The van der Waals surface area contributed by atoms with Gasteiger partial charge in [-0.2, -0.15) is 0 Å². The van der Waals surface area contributed by atoms with Crippen LogP contribution in [0.4, 0.5) is 0 Å². The van der Waals surface area contributed by atoms with E-state index in [2.05, 4.69) is 32.6 Å². The Bertz CT molecular complexity index is 444. The number of amides is 1. The Morgan fingerprint density at radius 1 is 1.55 bits per heavy atom. The van der Waals surface area contributed by atoms with E-state index in [0.717, 1.165) is 29.5 Å². The van der Waals surface area contributed by atoms with Gasteiger partial charge < -0.3 is 10.6 Å². The summed E-state index contributed by atoms with van der Waals surface area (Å²) in [7, 11) is 0. The summed E-state index contributed by atoms with van der Waals surface area (Å²) in [6.07, 6.45) is 4.11. The maximum Gasteiger partial charge on any atom is 0.220 e. The Labute approximate surface area is 129 Å². The molecule has 1 fully saturated rings. The Kier molecular flexibility index (Phi) is 6.05. The second-order valence-electron chi connectivity index (χ2n) is 5.60. The van der Waals surface area contributed by atoms with Gasteiger partial charge in [-0.3, -0.25) is 4.79 Å². The molecule has 2 N–H and O–H groups in total. The molecule has 2 atom stereocenters. The van der Waals surface area contributed by atoms with Gasteiger partial charge in [0.05, 0.1) is 6.04 Å². The quantitative estimate of drug-likeness (QED) is 0.863. The molecule has 110 valence electrons. The predicted octanol–water partition coefficient (Wildman–Crippen LogP) is 3.41. The van der Waals surface area contributed by atoms with Crippen LogP contribution in [-0.4, -0.2) is 19.0 Å². The van der Waals surface area contributed by atoms with E-state index in [1.807, 2.05) is 25.1 Å². The van der Waals surface area contributed by atoms with Crippen molar-refractivity contribution >= 4 is 21.8 Å². The van der Waals surface area contributed by atoms with Gasteiger partial charge >= 0.3 is 0 Å². The molecule has 2 rings (SSSR count). The van der Waals surface area contributed by atoms with Crippen LogP contribution in [-0.2, 0) is 4.79 Å². The summed E-state index contributed by atoms with van der Waals surface area (Å²) in [5.41, 5.74) is 1.13. The summed E-state index contributed by atoms with van der Waals surface area (Å²) in [4.78, 5) is 12.0. The van der Waals surface area contributed by atoms with Crippen LogP contribution in [0.3, 0.4) is 0 Å². The van der Waals surface area contributed by atoms with Crippen LogP contribution >= 0.6 is 15.9 Å². The molecule has 1 saturated heterocycles. The number of nitrogens with one attached hydrogen (secondary N) is 2. The lowest BCUT2D eigenvalue weighted by molar-refractivity contribution is -0.122. The van der Waals surface area contributed by atoms with Crippen molar-refractivity contribution in [1.29, 1.82) is 0 Å². The average Bonchev–Trinajstić information content (AvgIpc) is 2.46. The molecule has 4 heteroatoms. The van der Waals surface area contributed by atoms with Crippen LogP contribution in [0.1, 0.15) is 44.2 Å². The largest absolute Gasteiger partial charge is 0.350 e. The number of hydrogen-bond donors (Lipinski definition) is 2. The minimum absolute atomic E-state index is 0.0597. The molecule has 1 aliphatic heterocycles. The van der Waals surface area contributed by atoms with E-state index in [-0.39, 0.29) is 11.9 Å². The number of halogens is 1. The first-order chi connectivity index (χ1) is 9.65. The molecular formula is C16H23BrN2O. The molecule has 0 bridgehead atoms. The fourth-order valence-corrected chi connectivity index (χ4v) is 3.10. The van der Waals surface area contributed by atoms with Gasteiger partial charge in [-0.05, 0) is 62.9 Å². The number of carbonyl (C=O) groups is 1. The van der Waals surface area contributed by atoms with E-state index in [0.29, 0.717) is 12.3 Å². The van der Waals surface area contributed by atoms with Crippen molar-refractivity contribution in [1.82, 2.24) is 10.6 Å². The Morgan fingerprint density at radius 2 is 2.40 bits per heavy atom. The molecule has 0 saturated carbocycles. The minimum atomic E-state index is 0.0597. The van der Waals surface area contributed by atoms with Gasteiger partial charge in [0.1, 0.15) is 0 Å². The van der Waals surface area contributed by atoms with Gasteiger partial charge in [0, 0.05) is 10.9 Å². The normalized spacial score (nSPS) is 20.4. The highest BCUT2D eigenvalue weighted by Crippen LogP contribution is 2.19. The second-order valence-corrected chi connectivity index (χ2v) is 6.51. The number of benzene rings is 1. The van der Waals surface area contributed by atoms with E-state index in [1.165, 1.54) is 12.8 Å². The first-order valence-electron chi connectivity index (χ1n) is 7.40. The molecule has 1 amide bonds. The van der Waals surface area contributed by atoms with Crippen molar-refractivity contribution in [3.8, 4) is 0 Å².